The van der Waals surface area contributed by atoms with Gasteiger partial charge >= 0.3 is 0 Å². The Morgan fingerprint density at radius 2 is 1.73 bits per heavy atom. The summed E-state index contributed by atoms with van der Waals surface area (Å²) in [6, 6.07) is 7.17. The molecule has 5 heteroatoms. The molecule has 2 aromatic rings. The van der Waals surface area contributed by atoms with Gasteiger partial charge in [-0.05, 0) is 42.7 Å². The lowest BCUT2D eigenvalue weighted by atomic mass is 10.0. The van der Waals surface area contributed by atoms with Gasteiger partial charge in [-0.3, -0.25) is 4.79 Å². The van der Waals surface area contributed by atoms with Crippen LogP contribution in [-0.2, 0) is 15.1 Å². The second-order valence-corrected chi connectivity index (χ2v) is 7.19. The molecule has 0 radical (unpaired) electrons. The van der Waals surface area contributed by atoms with Crippen molar-refractivity contribution in [3.8, 4) is 0 Å². The van der Waals surface area contributed by atoms with Crippen LogP contribution in [0.4, 0.5) is 0 Å². The third-order valence-corrected chi connectivity index (χ3v) is 5.53. The molecule has 0 aromatic carbocycles. The summed E-state index contributed by atoms with van der Waals surface area (Å²) < 4.78 is 5.24. The van der Waals surface area contributed by atoms with E-state index in [0.717, 1.165) is 6.42 Å². The first-order valence-corrected chi connectivity index (χ1v) is 10.8. The van der Waals surface area contributed by atoms with Crippen molar-refractivity contribution < 1.29 is 14.6 Å². The molecule has 146 valence electrons. The molecule has 1 unspecified atom stereocenters. The van der Waals surface area contributed by atoms with Gasteiger partial charge in [0, 0.05) is 16.9 Å². The third kappa shape index (κ3) is 7.96. The molecule has 0 aliphatic rings. The molecular formula is C21H32O3S2. The highest BCUT2D eigenvalue weighted by atomic mass is 32.1. The summed E-state index contributed by atoms with van der Waals surface area (Å²) in [5, 5.41) is 13.9. The molecule has 0 saturated carbocycles. The molecule has 0 bridgehead atoms. The molecule has 0 saturated heterocycles. The number of hydrogen-bond donors (Lipinski definition) is 1. The summed E-state index contributed by atoms with van der Waals surface area (Å²) in [7, 11) is 1.78. The maximum absolute atomic E-state index is 11.0. The summed E-state index contributed by atoms with van der Waals surface area (Å²) in [6.07, 6.45) is 8.68. The Hall–Kier alpha value is -1.27. The average Bonchev–Trinajstić information content (AvgIpc) is 3.41. The standard InChI is InChI=1S/C10H8O2S2.C9H18O.C2H6/c11-7-10(12,8-3-1-5-13-8)9-4-2-6-14-9;1-4-6-8-9(10-3)7-5-2;1-2/h1-7,12H;4,6,9H,5,7-8H2,1-3H3;1-2H3. The van der Waals surface area contributed by atoms with E-state index in [9.17, 15) is 9.90 Å². The molecule has 2 rings (SSSR count). The lowest BCUT2D eigenvalue weighted by Gasteiger charge is -2.17. The average molecular weight is 397 g/mol. The lowest BCUT2D eigenvalue weighted by Crippen LogP contribution is -2.26. The Labute approximate surface area is 166 Å². The molecule has 3 nitrogen and oxygen atoms in total. The van der Waals surface area contributed by atoms with Crippen LogP contribution in [-0.4, -0.2) is 24.6 Å². The number of aldehydes is 1. The third-order valence-electron chi connectivity index (χ3n) is 3.54. The Kier molecular flexibility index (Phi) is 14.1. The van der Waals surface area contributed by atoms with Gasteiger partial charge in [0.05, 0.1) is 6.10 Å². The molecular weight excluding hydrogens is 364 g/mol. The van der Waals surface area contributed by atoms with Gasteiger partial charge in [0.15, 0.2) is 11.9 Å². The van der Waals surface area contributed by atoms with E-state index in [4.69, 9.17) is 4.74 Å². The molecule has 1 N–H and O–H groups in total. The van der Waals surface area contributed by atoms with E-state index in [1.165, 1.54) is 35.5 Å². The highest BCUT2D eigenvalue weighted by molar-refractivity contribution is 7.12. The molecule has 2 aromatic heterocycles. The molecule has 26 heavy (non-hydrogen) atoms. The Bertz CT molecular complexity index is 540. The summed E-state index contributed by atoms with van der Waals surface area (Å²) in [6.45, 7) is 8.22. The van der Waals surface area contributed by atoms with Gasteiger partial charge in [0.1, 0.15) is 0 Å². The predicted molar refractivity (Wildman–Crippen MR) is 114 cm³/mol. The number of carbonyl (C=O) groups excluding carboxylic acids is 1. The maximum atomic E-state index is 11.0. The minimum atomic E-state index is -1.46. The van der Waals surface area contributed by atoms with Crippen LogP contribution in [0.5, 0.6) is 0 Å². The first-order chi connectivity index (χ1) is 12.6. The topological polar surface area (TPSA) is 46.5 Å². The SMILES string of the molecule is CC.CC=CCC(CCC)OC.O=CC(O)(c1cccs1)c1cccs1. The predicted octanol–water partition coefficient (Wildman–Crippen LogP) is 6.04. The fourth-order valence-corrected chi connectivity index (χ4v) is 3.83. The van der Waals surface area contributed by atoms with Gasteiger partial charge in [0.25, 0.3) is 0 Å². The highest BCUT2D eigenvalue weighted by Crippen LogP contribution is 2.33. The van der Waals surface area contributed by atoms with Crippen LogP contribution in [0.3, 0.4) is 0 Å². The minimum absolute atomic E-state index is 0.432. The Morgan fingerprint density at radius 1 is 1.19 bits per heavy atom. The second-order valence-electron chi connectivity index (χ2n) is 5.29. The Morgan fingerprint density at radius 3 is 2.04 bits per heavy atom. The van der Waals surface area contributed by atoms with Crippen molar-refractivity contribution in [3.05, 3.63) is 56.9 Å². The number of thiophene rings is 2. The largest absolute Gasteiger partial charge is 0.381 e. The number of methoxy groups -OCH3 is 1. The van der Waals surface area contributed by atoms with Crippen LogP contribution < -0.4 is 0 Å². The quantitative estimate of drug-likeness (QED) is 0.437. The number of hydrogen-bond acceptors (Lipinski definition) is 5. The number of carbonyl (C=O) groups is 1. The van der Waals surface area contributed by atoms with Crippen molar-refractivity contribution >= 4 is 29.0 Å². The summed E-state index contributed by atoms with van der Waals surface area (Å²) >= 11 is 2.76. The van der Waals surface area contributed by atoms with Crippen molar-refractivity contribution in [2.45, 2.75) is 58.7 Å². The van der Waals surface area contributed by atoms with Crippen LogP contribution in [0.1, 0.15) is 56.7 Å². The van der Waals surface area contributed by atoms with Crippen LogP contribution in [0.25, 0.3) is 0 Å². The summed E-state index contributed by atoms with van der Waals surface area (Å²) in [5.74, 6) is 0. The fraction of sp³-hybridized carbons (Fsp3) is 0.476. The number of ether oxygens (including phenoxy) is 1. The summed E-state index contributed by atoms with van der Waals surface area (Å²) in [4.78, 5) is 12.3. The second kappa shape index (κ2) is 14.9. The zero-order chi connectivity index (χ0) is 19.8. The molecule has 0 aliphatic heterocycles. The van der Waals surface area contributed by atoms with Crippen LogP contribution in [0, 0.1) is 0 Å². The number of allylic oxidation sites excluding steroid dienone is 1. The van der Waals surface area contributed by atoms with Gasteiger partial charge in [-0.2, -0.15) is 0 Å². The molecule has 0 amide bonds. The smallest absolute Gasteiger partial charge is 0.189 e. The maximum Gasteiger partial charge on any atom is 0.189 e. The monoisotopic (exact) mass is 396 g/mol. The fourth-order valence-electron chi connectivity index (χ4n) is 2.17. The number of aliphatic hydroxyl groups is 1. The first-order valence-electron chi connectivity index (χ1n) is 9.02. The molecule has 0 spiro atoms. The molecule has 2 heterocycles. The van der Waals surface area contributed by atoms with E-state index >= 15 is 0 Å². The van der Waals surface area contributed by atoms with E-state index in [1.807, 2.05) is 43.7 Å². The Balaban J connectivity index is 0.000000464. The van der Waals surface area contributed by atoms with Crippen LogP contribution in [0.2, 0.25) is 0 Å². The van der Waals surface area contributed by atoms with Gasteiger partial charge in [0.2, 0.25) is 0 Å². The van der Waals surface area contributed by atoms with Crippen molar-refractivity contribution in [1.29, 1.82) is 0 Å². The van der Waals surface area contributed by atoms with E-state index in [2.05, 4.69) is 19.1 Å². The lowest BCUT2D eigenvalue weighted by molar-refractivity contribution is -0.120. The van der Waals surface area contributed by atoms with Crippen molar-refractivity contribution in [2.75, 3.05) is 7.11 Å². The zero-order valence-electron chi connectivity index (χ0n) is 16.5. The van der Waals surface area contributed by atoms with Crippen molar-refractivity contribution in [1.82, 2.24) is 0 Å². The van der Waals surface area contributed by atoms with Gasteiger partial charge in [-0.1, -0.05) is 51.5 Å². The first kappa shape index (κ1) is 24.7. The van der Waals surface area contributed by atoms with E-state index in [1.54, 1.807) is 19.2 Å². The molecule has 0 aliphatic carbocycles. The van der Waals surface area contributed by atoms with Gasteiger partial charge < -0.3 is 9.84 Å². The van der Waals surface area contributed by atoms with Gasteiger partial charge in [-0.15, -0.1) is 22.7 Å². The van der Waals surface area contributed by atoms with E-state index < -0.39 is 5.60 Å². The van der Waals surface area contributed by atoms with Crippen molar-refractivity contribution in [2.24, 2.45) is 0 Å². The minimum Gasteiger partial charge on any atom is -0.381 e. The normalized spacial score (nSPS) is 11.9. The van der Waals surface area contributed by atoms with Crippen LogP contribution in [0.15, 0.2) is 47.2 Å². The molecule has 0 fully saturated rings. The number of rotatable bonds is 8. The zero-order valence-corrected chi connectivity index (χ0v) is 18.1. The summed E-state index contributed by atoms with van der Waals surface area (Å²) in [5.41, 5.74) is -1.46. The van der Waals surface area contributed by atoms with Crippen molar-refractivity contribution in [3.63, 3.8) is 0 Å². The van der Waals surface area contributed by atoms with Crippen LogP contribution >= 0.6 is 22.7 Å². The molecule has 1 atom stereocenters. The van der Waals surface area contributed by atoms with Gasteiger partial charge in [-0.25, -0.2) is 0 Å². The van der Waals surface area contributed by atoms with E-state index in [-0.39, 0.29) is 0 Å². The highest BCUT2D eigenvalue weighted by Gasteiger charge is 2.33. The van der Waals surface area contributed by atoms with E-state index in [0.29, 0.717) is 22.1 Å².